The number of benzene rings is 2. The molecule has 0 spiro atoms. The van der Waals surface area contributed by atoms with E-state index in [-0.39, 0.29) is 0 Å². The van der Waals surface area contributed by atoms with Gasteiger partial charge in [0.05, 0.1) is 5.57 Å². The molecule has 0 bridgehead atoms. The van der Waals surface area contributed by atoms with Crippen molar-refractivity contribution < 1.29 is 9.53 Å². The Kier molecular flexibility index (Phi) is 5.12. The van der Waals surface area contributed by atoms with E-state index >= 15 is 0 Å². The number of fused-ring (bicyclic) bond motifs is 1. The van der Waals surface area contributed by atoms with E-state index in [1.165, 1.54) is 4.68 Å². The van der Waals surface area contributed by atoms with E-state index in [1.807, 2.05) is 18.2 Å². The zero-order chi connectivity index (χ0) is 20.5. The van der Waals surface area contributed by atoms with Crippen molar-refractivity contribution in [1.29, 1.82) is 0 Å². The highest BCUT2D eigenvalue weighted by atomic mass is 35.5. The number of carbonyl (C=O) groups is 1. The number of nitrogens with two attached hydrogens (primary N) is 1. The highest BCUT2D eigenvalue weighted by molar-refractivity contribution is 6.35. The van der Waals surface area contributed by atoms with Crippen molar-refractivity contribution in [1.82, 2.24) is 20.2 Å². The second-order valence-electron chi connectivity index (χ2n) is 6.47. The number of tetrazole rings is 1. The Balaban J connectivity index is 1.58. The van der Waals surface area contributed by atoms with Gasteiger partial charge in [-0.15, -0.1) is 0 Å². The number of halogens is 2. The summed E-state index contributed by atoms with van der Waals surface area (Å²) in [5.41, 5.74) is 8.24. The number of anilines is 1. The minimum atomic E-state index is -0.543. The summed E-state index contributed by atoms with van der Waals surface area (Å²) in [4.78, 5) is 12.1. The summed E-state index contributed by atoms with van der Waals surface area (Å²) in [6, 6.07) is 12.0. The molecule has 1 aromatic heterocycles. The van der Waals surface area contributed by atoms with Gasteiger partial charge in [0.2, 0.25) is 11.9 Å². The zero-order valence-electron chi connectivity index (χ0n) is 15.3. The number of allylic oxidation sites excluding steroid dienone is 1. The van der Waals surface area contributed by atoms with Crippen LogP contribution in [0.1, 0.15) is 24.1 Å². The second kappa shape index (κ2) is 7.73. The van der Waals surface area contributed by atoms with E-state index < -0.39 is 11.9 Å². The number of carbonyl (C=O) groups excluding carboxylic acids is 1. The summed E-state index contributed by atoms with van der Waals surface area (Å²) in [6.45, 7) is 2.06. The van der Waals surface area contributed by atoms with Crippen LogP contribution >= 0.6 is 23.2 Å². The smallest absolute Gasteiger partial charge is 0.248 e. The molecule has 2 heterocycles. The van der Waals surface area contributed by atoms with Gasteiger partial charge in [0.25, 0.3) is 0 Å². The van der Waals surface area contributed by atoms with Gasteiger partial charge in [0.15, 0.2) is 0 Å². The quantitative estimate of drug-likeness (QED) is 0.642. The maximum atomic E-state index is 12.1. The van der Waals surface area contributed by atoms with Gasteiger partial charge in [-0.05, 0) is 47.2 Å². The molecule has 1 unspecified atom stereocenters. The summed E-state index contributed by atoms with van der Waals surface area (Å²) >= 11 is 12.1. The van der Waals surface area contributed by atoms with Crippen LogP contribution in [0.4, 0.5) is 5.95 Å². The highest BCUT2D eigenvalue weighted by Gasteiger charge is 2.32. The molecule has 2 aromatic carbocycles. The Morgan fingerprint density at radius 1 is 1.24 bits per heavy atom. The molecule has 148 valence electrons. The Hall–Kier alpha value is -3.10. The Labute approximate surface area is 176 Å². The first kappa shape index (κ1) is 19.2. The molecular formula is C19H16Cl2N6O2. The van der Waals surface area contributed by atoms with Crippen molar-refractivity contribution in [3.8, 4) is 5.75 Å². The van der Waals surface area contributed by atoms with Crippen molar-refractivity contribution in [2.45, 2.75) is 19.6 Å². The fraction of sp³-hybridized carbons (Fsp3) is 0.158. The van der Waals surface area contributed by atoms with Crippen LogP contribution in [0.2, 0.25) is 10.0 Å². The summed E-state index contributed by atoms with van der Waals surface area (Å²) in [5, 5.41) is 15.7. The van der Waals surface area contributed by atoms with E-state index in [2.05, 4.69) is 20.8 Å². The maximum absolute atomic E-state index is 12.1. The molecule has 1 aliphatic rings. The number of hydrogen-bond donors (Lipinski definition) is 2. The van der Waals surface area contributed by atoms with Gasteiger partial charge in [-0.3, -0.25) is 4.79 Å². The standard InChI is InChI=1S/C19H16Cl2N6O2/c1-10-16(18(22)28)17(27-19(23-10)24-25-26-27)11-3-6-14(7-4-11)29-9-12-2-5-13(20)8-15(12)21/h2-8,17H,9H2,1H3,(H2,22,28)(H,23,24,26). The number of hydrogen-bond acceptors (Lipinski definition) is 6. The lowest BCUT2D eigenvalue weighted by Gasteiger charge is -2.26. The van der Waals surface area contributed by atoms with E-state index in [0.29, 0.717) is 39.6 Å². The van der Waals surface area contributed by atoms with Crippen molar-refractivity contribution in [2.24, 2.45) is 5.73 Å². The van der Waals surface area contributed by atoms with Crippen LogP contribution in [0.15, 0.2) is 53.7 Å². The number of nitrogens with one attached hydrogen (secondary N) is 1. The highest BCUT2D eigenvalue weighted by Crippen LogP contribution is 2.34. The molecule has 1 atom stereocenters. The molecule has 0 aliphatic carbocycles. The molecule has 0 radical (unpaired) electrons. The average Bonchev–Trinajstić information content (AvgIpc) is 3.14. The summed E-state index contributed by atoms with van der Waals surface area (Å²) in [6.07, 6.45) is 0. The minimum Gasteiger partial charge on any atom is -0.489 e. The van der Waals surface area contributed by atoms with E-state index in [0.717, 1.165) is 11.1 Å². The van der Waals surface area contributed by atoms with Crippen LogP contribution in [-0.4, -0.2) is 26.1 Å². The van der Waals surface area contributed by atoms with Gasteiger partial charge in [-0.1, -0.05) is 46.5 Å². The molecular weight excluding hydrogens is 415 g/mol. The lowest BCUT2D eigenvalue weighted by atomic mass is 9.95. The third kappa shape index (κ3) is 3.76. The maximum Gasteiger partial charge on any atom is 0.248 e. The molecule has 29 heavy (non-hydrogen) atoms. The van der Waals surface area contributed by atoms with Gasteiger partial charge in [0.1, 0.15) is 18.4 Å². The van der Waals surface area contributed by atoms with Crippen molar-refractivity contribution in [2.75, 3.05) is 5.32 Å². The monoisotopic (exact) mass is 430 g/mol. The lowest BCUT2D eigenvalue weighted by molar-refractivity contribution is -0.115. The predicted octanol–water partition coefficient (Wildman–Crippen LogP) is 3.33. The number of aromatic nitrogens is 4. The van der Waals surface area contributed by atoms with E-state index in [4.69, 9.17) is 33.7 Å². The van der Waals surface area contributed by atoms with Crippen LogP contribution in [0.3, 0.4) is 0 Å². The van der Waals surface area contributed by atoms with Gasteiger partial charge in [0, 0.05) is 21.3 Å². The summed E-state index contributed by atoms with van der Waals surface area (Å²) in [5.74, 6) is 0.543. The van der Waals surface area contributed by atoms with Gasteiger partial charge in [-0.25, -0.2) is 0 Å². The fourth-order valence-electron chi connectivity index (χ4n) is 3.19. The SMILES string of the molecule is CC1=C(C(N)=O)C(c2ccc(OCc3ccc(Cl)cc3Cl)cc2)n2nnnc2N1. The first-order chi connectivity index (χ1) is 13.9. The third-order valence-electron chi connectivity index (χ3n) is 4.58. The average molecular weight is 431 g/mol. The minimum absolute atomic E-state index is 0.297. The van der Waals surface area contributed by atoms with Crippen molar-refractivity contribution in [3.63, 3.8) is 0 Å². The number of primary amides is 1. The van der Waals surface area contributed by atoms with Crippen LogP contribution in [0, 0.1) is 0 Å². The molecule has 3 N–H and O–H groups in total. The van der Waals surface area contributed by atoms with E-state index in [1.54, 1.807) is 31.2 Å². The van der Waals surface area contributed by atoms with Gasteiger partial charge in [-0.2, -0.15) is 4.68 Å². The molecule has 1 amide bonds. The first-order valence-corrected chi connectivity index (χ1v) is 9.42. The number of rotatable bonds is 5. The zero-order valence-corrected chi connectivity index (χ0v) is 16.8. The summed E-state index contributed by atoms with van der Waals surface area (Å²) < 4.78 is 7.34. The second-order valence-corrected chi connectivity index (χ2v) is 7.31. The predicted molar refractivity (Wildman–Crippen MR) is 109 cm³/mol. The lowest BCUT2D eigenvalue weighted by Crippen LogP contribution is -2.31. The molecule has 3 aromatic rings. The van der Waals surface area contributed by atoms with Crippen LogP contribution in [-0.2, 0) is 11.4 Å². The third-order valence-corrected chi connectivity index (χ3v) is 5.17. The molecule has 0 saturated heterocycles. The molecule has 0 fully saturated rings. The van der Waals surface area contributed by atoms with Crippen LogP contribution in [0.25, 0.3) is 0 Å². The van der Waals surface area contributed by atoms with Gasteiger partial charge < -0.3 is 15.8 Å². The van der Waals surface area contributed by atoms with Crippen molar-refractivity contribution >= 4 is 35.1 Å². The Morgan fingerprint density at radius 3 is 2.69 bits per heavy atom. The van der Waals surface area contributed by atoms with Crippen LogP contribution in [0.5, 0.6) is 5.75 Å². The van der Waals surface area contributed by atoms with Crippen LogP contribution < -0.4 is 15.8 Å². The van der Waals surface area contributed by atoms with Crippen molar-refractivity contribution in [3.05, 3.63) is 74.9 Å². The van der Waals surface area contributed by atoms with E-state index in [9.17, 15) is 4.79 Å². The fourth-order valence-corrected chi connectivity index (χ4v) is 3.65. The largest absolute Gasteiger partial charge is 0.489 e. The Morgan fingerprint density at radius 2 is 2.00 bits per heavy atom. The molecule has 4 rings (SSSR count). The number of nitrogens with zero attached hydrogens (tertiary/aromatic N) is 4. The molecule has 10 heteroatoms. The summed E-state index contributed by atoms with van der Waals surface area (Å²) in [7, 11) is 0. The molecule has 1 aliphatic heterocycles. The number of ether oxygens (including phenoxy) is 1. The normalized spacial score (nSPS) is 15.6. The van der Waals surface area contributed by atoms with Gasteiger partial charge >= 0.3 is 0 Å². The molecule has 8 nitrogen and oxygen atoms in total. The Bertz CT molecular complexity index is 1110. The first-order valence-electron chi connectivity index (χ1n) is 8.66. The molecule has 0 saturated carbocycles. The number of amides is 1. The topological polar surface area (TPSA) is 108 Å².